The second-order valence-corrected chi connectivity index (χ2v) is 8.53. The van der Waals surface area contributed by atoms with Gasteiger partial charge in [0.25, 0.3) is 15.9 Å². The van der Waals surface area contributed by atoms with Gasteiger partial charge >= 0.3 is 0 Å². The number of aryl methyl sites for hydroxylation is 1. The highest BCUT2D eigenvalue weighted by Gasteiger charge is 2.35. The fraction of sp³-hybridized carbons (Fsp3) is 0.300. The van der Waals surface area contributed by atoms with Gasteiger partial charge in [-0.15, -0.1) is 0 Å². The second-order valence-electron chi connectivity index (χ2n) is 6.85. The predicted molar refractivity (Wildman–Crippen MR) is 103 cm³/mol. The molecule has 0 unspecified atom stereocenters. The largest absolute Gasteiger partial charge is 0.334 e. The normalized spacial score (nSPS) is 15.7. The number of carbonyl (C=O) groups is 1. The number of nitrogens with zero attached hydrogens (tertiary/aromatic N) is 1. The first-order valence-corrected chi connectivity index (χ1v) is 10.3. The van der Waals surface area contributed by atoms with Crippen LogP contribution in [0.3, 0.4) is 0 Å². The van der Waals surface area contributed by atoms with E-state index in [2.05, 4.69) is 16.1 Å². The molecule has 6 nitrogen and oxygen atoms in total. The van der Waals surface area contributed by atoms with Crippen LogP contribution in [0.4, 0.5) is 5.69 Å². The molecule has 1 fully saturated rings. The van der Waals surface area contributed by atoms with E-state index in [1.54, 1.807) is 12.1 Å². The quantitative estimate of drug-likeness (QED) is 0.827. The van der Waals surface area contributed by atoms with Gasteiger partial charge in [-0.2, -0.15) is 5.26 Å². The summed E-state index contributed by atoms with van der Waals surface area (Å²) in [7, 11) is -3.74. The Morgan fingerprint density at radius 1 is 1.04 bits per heavy atom. The van der Waals surface area contributed by atoms with Gasteiger partial charge in [0.2, 0.25) is 0 Å². The number of rotatable bonds is 5. The Hall–Kier alpha value is -2.85. The Morgan fingerprint density at radius 2 is 1.63 bits per heavy atom. The molecule has 2 aromatic carbocycles. The van der Waals surface area contributed by atoms with Crippen LogP contribution in [0.2, 0.25) is 0 Å². The monoisotopic (exact) mass is 383 g/mol. The number of nitrogens with one attached hydrogen (secondary N) is 2. The number of anilines is 1. The number of hydrogen-bond donors (Lipinski definition) is 2. The van der Waals surface area contributed by atoms with Crippen LogP contribution in [0.5, 0.6) is 0 Å². The molecular formula is C20H21N3O3S. The van der Waals surface area contributed by atoms with Crippen molar-refractivity contribution in [3.05, 3.63) is 59.7 Å². The van der Waals surface area contributed by atoms with Gasteiger partial charge in [-0.25, -0.2) is 8.42 Å². The molecule has 3 rings (SSSR count). The summed E-state index contributed by atoms with van der Waals surface area (Å²) in [6.45, 7) is 1.92. The van der Waals surface area contributed by atoms with Gasteiger partial charge in [-0.05, 0) is 69.0 Å². The molecule has 0 aromatic heterocycles. The first-order valence-electron chi connectivity index (χ1n) is 8.77. The third-order valence-electron chi connectivity index (χ3n) is 4.75. The molecule has 1 aliphatic rings. The average Bonchev–Trinajstić information content (AvgIpc) is 3.12. The Morgan fingerprint density at radius 3 is 2.19 bits per heavy atom. The van der Waals surface area contributed by atoms with Crippen molar-refractivity contribution in [1.29, 1.82) is 5.26 Å². The lowest BCUT2D eigenvalue weighted by Crippen LogP contribution is -2.45. The molecule has 1 saturated carbocycles. The van der Waals surface area contributed by atoms with Crippen LogP contribution in [0.25, 0.3) is 0 Å². The highest BCUT2D eigenvalue weighted by Crippen LogP contribution is 2.29. The van der Waals surface area contributed by atoms with Gasteiger partial charge < -0.3 is 5.32 Å². The highest BCUT2D eigenvalue weighted by molar-refractivity contribution is 7.92. The van der Waals surface area contributed by atoms with Crippen molar-refractivity contribution in [2.24, 2.45) is 0 Å². The topological polar surface area (TPSA) is 99.1 Å². The highest BCUT2D eigenvalue weighted by atomic mass is 32.2. The summed E-state index contributed by atoms with van der Waals surface area (Å²) >= 11 is 0. The minimum absolute atomic E-state index is 0.0653. The first-order chi connectivity index (χ1) is 12.8. The maximum atomic E-state index is 12.5. The van der Waals surface area contributed by atoms with Crippen molar-refractivity contribution in [1.82, 2.24) is 5.32 Å². The van der Waals surface area contributed by atoms with E-state index < -0.39 is 15.6 Å². The molecule has 7 heteroatoms. The van der Waals surface area contributed by atoms with Gasteiger partial charge in [0.1, 0.15) is 5.54 Å². The number of carbonyl (C=O) groups excluding carboxylic acids is 1. The summed E-state index contributed by atoms with van der Waals surface area (Å²) in [5, 5.41) is 12.2. The van der Waals surface area contributed by atoms with Crippen LogP contribution >= 0.6 is 0 Å². The van der Waals surface area contributed by atoms with E-state index >= 15 is 0 Å². The summed E-state index contributed by atoms with van der Waals surface area (Å²) in [5.41, 5.74) is 1.02. The van der Waals surface area contributed by atoms with E-state index in [4.69, 9.17) is 0 Å². The molecule has 0 aliphatic heterocycles. The first kappa shape index (κ1) is 18.9. The number of amides is 1. The van der Waals surface area contributed by atoms with Crippen LogP contribution in [0.15, 0.2) is 53.4 Å². The second kappa shape index (κ2) is 7.41. The van der Waals surface area contributed by atoms with Crippen molar-refractivity contribution in [3.8, 4) is 6.07 Å². The minimum atomic E-state index is -3.74. The zero-order chi connectivity index (χ0) is 19.5. The standard InChI is InChI=1S/C20H21N3O3S/c1-15-4-8-17(9-5-15)23-27(25,26)18-10-6-16(7-11-18)19(24)22-20(14-21)12-2-3-13-20/h4-11,23H,2-3,12-13H2,1H3,(H,22,24). The molecule has 2 aromatic rings. The molecule has 2 N–H and O–H groups in total. The Bertz CT molecular complexity index is 969. The van der Waals surface area contributed by atoms with Gasteiger partial charge in [0, 0.05) is 11.3 Å². The summed E-state index contributed by atoms with van der Waals surface area (Å²) in [6.07, 6.45) is 3.11. The van der Waals surface area contributed by atoms with Crippen LogP contribution in [-0.2, 0) is 10.0 Å². The lowest BCUT2D eigenvalue weighted by atomic mass is 9.99. The molecule has 0 spiro atoms. The lowest BCUT2D eigenvalue weighted by molar-refractivity contribution is 0.0920. The van der Waals surface area contributed by atoms with Crippen LogP contribution in [0, 0.1) is 18.3 Å². The van der Waals surface area contributed by atoms with Gasteiger partial charge in [-0.3, -0.25) is 9.52 Å². The van der Waals surface area contributed by atoms with Crippen molar-refractivity contribution in [3.63, 3.8) is 0 Å². The SMILES string of the molecule is Cc1ccc(NS(=O)(=O)c2ccc(C(=O)NC3(C#N)CCCC3)cc2)cc1. The van der Waals surface area contributed by atoms with E-state index in [1.165, 1.54) is 24.3 Å². The minimum Gasteiger partial charge on any atom is -0.334 e. The Kier molecular flexibility index (Phi) is 5.19. The van der Waals surface area contributed by atoms with Crippen LogP contribution in [-0.4, -0.2) is 19.9 Å². The summed E-state index contributed by atoms with van der Waals surface area (Å²) in [6, 6.07) is 14.9. The van der Waals surface area contributed by atoms with Crippen LogP contribution in [0.1, 0.15) is 41.6 Å². The summed E-state index contributed by atoms with van der Waals surface area (Å²) in [5.74, 6) is -0.367. The molecule has 0 heterocycles. The van der Waals surface area contributed by atoms with Crippen molar-refractivity contribution < 1.29 is 13.2 Å². The molecule has 0 atom stereocenters. The van der Waals surface area contributed by atoms with Gasteiger partial charge in [0.15, 0.2) is 0 Å². The number of hydrogen-bond acceptors (Lipinski definition) is 4. The molecule has 27 heavy (non-hydrogen) atoms. The lowest BCUT2D eigenvalue weighted by Gasteiger charge is -2.22. The van der Waals surface area contributed by atoms with E-state index in [1.807, 2.05) is 19.1 Å². The zero-order valence-corrected chi connectivity index (χ0v) is 15.8. The number of nitriles is 1. The maximum Gasteiger partial charge on any atom is 0.261 e. The number of benzene rings is 2. The Labute approximate surface area is 159 Å². The molecule has 0 bridgehead atoms. The third-order valence-corrected chi connectivity index (χ3v) is 6.15. The molecule has 1 amide bonds. The molecule has 140 valence electrons. The van der Waals surface area contributed by atoms with Gasteiger partial charge in [0.05, 0.1) is 11.0 Å². The molecule has 1 aliphatic carbocycles. The zero-order valence-electron chi connectivity index (χ0n) is 15.0. The molecular weight excluding hydrogens is 362 g/mol. The van der Waals surface area contributed by atoms with E-state index in [0.717, 1.165) is 18.4 Å². The van der Waals surface area contributed by atoms with Crippen molar-refractivity contribution in [2.75, 3.05) is 4.72 Å². The van der Waals surface area contributed by atoms with Crippen molar-refractivity contribution >= 4 is 21.6 Å². The van der Waals surface area contributed by atoms with E-state index in [0.29, 0.717) is 24.1 Å². The summed E-state index contributed by atoms with van der Waals surface area (Å²) in [4.78, 5) is 12.5. The molecule has 0 saturated heterocycles. The smallest absolute Gasteiger partial charge is 0.261 e. The van der Waals surface area contributed by atoms with Crippen LogP contribution < -0.4 is 10.0 Å². The third kappa shape index (κ3) is 4.29. The summed E-state index contributed by atoms with van der Waals surface area (Å²) < 4.78 is 27.5. The molecule has 0 radical (unpaired) electrons. The van der Waals surface area contributed by atoms with Crippen molar-refractivity contribution in [2.45, 2.75) is 43.0 Å². The Balaban J connectivity index is 1.73. The predicted octanol–water partition coefficient (Wildman–Crippen LogP) is 3.36. The van der Waals surface area contributed by atoms with E-state index in [-0.39, 0.29) is 10.8 Å². The number of sulfonamides is 1. The fourth-order valence-corrected chi connectivity index (χ4v) is 4.21. The maximum absolute atomic E-state index is 12.5. The fourth-order valence-electron chi connectivity index (χ4n) is 3.15. The van der Waals surface area contributed by atoms with Gasteiger partial charge in [-0.1, -0.05) is 17.7 Å². The average molecular weight is 383 g/mol. The van der Waals surface area contributed by atoms with E-state index in [9.17, 15) is 18.5 Å².